The minimum Gasteiger partial charge on any atom is -0.465 e. The van der Waals surface area contributed by atoms with Crippen molar-refractivity contribution in [1.29, 1.82) is 0 Å². The van der Waals surface area contributed by atoms with Crippen LogP contribution in [-0.2, 0) is 29.2 Å². The topological polar surface area (TPSA) is 58.3 Å². The van der Waals surface area contributed by atoms with Gasteiger partial charge >= 0.3 is 5.97 Å². The lowest BCUT2D eigenvalue weighted by molar-refractivity contribution is 0.0601. The SMILES string of the molecule is COC(=O)c1ccc2c(C3CCCCC3)c3n(c2c1)CCCc1ncn(COCC[Si](C)(C)C)c1-3. The third kappa shape index (κ3) is 4.85. The van der Waals surface area contributed by atoms with Gasteiger partial charge in [0.25, 0.3) is 0 Å². The maximum atomic E-state index is 12.4. The molecule has 1 fully saturated rings. The maximum absolute atomic E-state index is 12.4. The lowest BCUT2D eigenvalue weighted by atomic mass is 9.82. The first-order valence-electron chi connectivity index (χ1n) is 13.2. The van der Waals surface area contributed by atoms with E-state index >= 15 is 0 Å². The van der Waals surface area contributed by atoms with Crippen molar-refractivity contribution in [3.63, 3.8) is 0 Å². The van der Waals surface area contributed by atoms with E-state index in [-0.39, 0.29) is 5.97 Å². The number of aromatic nitrogens is 3. The van der Waals surface area contributed by atoms with Crippen LogP contribution in [0.1, 0.15) is 66.1 Å². The van der Waals surface area contributed by atoms with Gasteiger partial charge in [-0.1, -0.05) is 45.0 Å². The van der Waals surface area contributed by atoms with Crippen molar-refractivity contribution in [2.75, 3.05) is 13.7 Å². The van der Waals surface area contributed by atoms with E-state index in [1.54, 1.807) is 0 Å². The van der Waals surface area contributed by atoms with Crippen LogP contribution in [0.2, 0.25) is 25.7 Å². The van der Waals surface area contributed by atoms with E-state index in [4.69, 9.17) is 14.5 Å². The molecule has 0 N–H and O–H groups in total. The van der Waals surface area contributed by atoms with Gasteiger partial charge in [0.15, 0.2) is 0 Å². The number of hydrogen-bond acceptors (Lipinski definition) is 4. The van der Waals surface area contributed by atoms with Crippen molar-refractivity contribution in [3.8, 4) is 11.4 Å². The molecule has 0 saturated heterocycles. The molecular weight excluding hydrogens is 454 g/mol. The summed E-state index contributed by atoms with van der Waals surface area (Å²) in [7, 11) is 0.313. The van der Waals surface area contributed by atoms with Gasteiger partial charge in [-0.3, -0.25) is 0 Å². The molecule has 1 aliphatic carbocycles. The predicted molar refractivity (Wildman–Crippen MR) is 143 cm³/mol. The van der Waals surface area contributed by atoms with Crippen molar-refractivity contribution in [2.45, 2.75) is 89.8 Å². The van der Waals surface area contributed by atoms with Crippen molar-refractivity contribution < 1.29 is 14.3 Å². The Morgan fingerprint density at radius 3 is 2.66 bits per heavy atom. The second kappa shape index (κ2) is 9.94. The average molecular weight is 494 g/mol. The number of esters is 1. The molecule has 7 heteroatoms. The van der Waals surface area contributed by atoms with Crippen molar-refractivity contribution in [3.05, 3.63) is 41.3 Å². The summed E-state index contributed by atoms with van der Waals surface area (Å²) in [5.74, 6) is 0.255. The fourth-order valence-electron chi connectivity index (χ4n) is 5.84. The highest BCUT2D eigenvalue weighted by Gasteiger charge is 2.31. The molecule has 0 unspecified atom stereocenters. The summed E-state index contributed by atoms with van der Waals surface area (Å²) >= 11 is 0. The molecule has 35 heavy (non-hydrogen) atoms. The molecule has 0 atom stereocenters. The third-order valence-corrected chi connectivity index (χ3v) is 9.40. The summed E-state index contributed by atoms with van der Waals surface area (Å²) in [6, 6.07) is 7.27. The summed E-state index contributed by atoms with van der Waals surface area (Å²) in [6.07, 6.45) is 10.3. The number of hydrogen-bond donors (Lipinski definition) is 0. The molecule has 3 aromatic rings. The largest absolute Gasteiger partial charge is 0.465 e. The predicted octanol–water partition coefficient (Wildman–Crippen LogP) is 6.60. The second-order valence-electron chi connectivity index (χ2n) is 11.4. The van der Waals surface area contributed by atoms with E-state index in [0.717, 1.165) is 37.6 Å². The number of imidazole rings is 1. The molecule has 0 amide bonds. The summed E-state index contributed by atoms with van der Waals surface area (Å²) in [6.45, 7) is 9.41. The second-order valence-corrected chi connectivity index (χ2v) is 17.1. The van der Waals surface area contributed by atoms with Crippen LogP contribution >= 0.6 is 0 Å². The Morgan fingerprint density at radius 1 is 1.11 bits per heavy atom. The first kappa shape index (κ1) is 24.3. The number of methoxy groups -OCH3 is 1. The summed E-state index contributed by atoms with van der Waals surface area (Å²) in [5.41, 5.74) is 6.89. The number of rotatable bonds is 7. The summed E-state index contributed by atoms with van der Waals surface area (Å²) in [4.78, 5) is 17.2. The number of aryl methyl sites for hydroxylation is 2. The first-order valence-corrected chi connectivity index (χ1v) is 16.9. The molecule has 6 nitrogen and oxygen atoms in total. The van der Waals surface area contributed by atoms with Crippen molar-refractivity contribution in [1.82, 2.24) is 14.1 Å². The lowest BCUT2D eigenvalue weighted by Crippen LogP contribution is -2.22. The minimum atomic E-state index is -1.14. The number of nitrogens with zero attached hydrogens (tertiary/aromatic N) is 3. The van der Waals surface area contributed by atoms with E-state index in [1.165, 1.54) is 67.2 Å². The molecule has 0 spiro atoms. The van der Waals surface area contributed by atoms with Crippen LogP contribution in [0.15, 0.2) is 24.5 Å². The highest BCUT2D eigenvalue weighted by molar-refractivity contribution is 6.76. The zero-order valence-corrected chi connectivity index (χ0v) is 22.7. The van der Waals surface area contributed by atoms with Gasteiger partial charge in [-0.25, -0.2) is 9.78 Å². The smallest absolute Gasteiger partial charge is 0.337 e. The maximum Gasteiger partial charge on any atom is 0.337 e. The van der Waals surface area contributed by atoms with Crippen LogP contribution in [-0.4, -0.2) is 41.9 Å². The molecule has 1 saturated carbocycles. The molecule has 188 valence electrons. The zero-order chi connectivity index (χ0) is 24.6. The van der Waals surface area contributed by atoms with Crippen LogP contribution < -0.4 is 0 Å². The van der Waals surface area contributed by atoms with Crippen LogP contribution in [0.25, 0.3) is 22.3 Å². The molecular formula is C28H39N3O3Si. The van der Waals surface area contributed by atoms with E-state index < -0.39 is 8.07 Å². The normalized spacial score (nSPS) is 16.7. The number of fused-ring (bicyclic) bond motifs is 5. The van der Waals surface area contributed by atoms with Gasteiger partial charge in [0, 0.05) is 32.1 Å². The van der Waals surface area contributed by atoms with E-state index in [9.17, 15) is 4.79 Å². The molecule has 0 radical (unpaired) electrons. The number of carbonyl (C=O) groups is 1. The minimum absolute atomic E-state index is 0.281. The van der Waals surface area contributed by atoms with E-state index in [0.29, 0.717) is 18.2 Å². The lowest BCUT2D eigenvalue weighted by Gasteiger charge is -2.24. The third-order valence-electron chi connectivity index (χ3n) is 7.70. The van der Waals surface area contributed by atoms with Gasteiger partial charge in [0.1, 0.15) is 6.73 Å². The average Bonchev–Trinajstić information content (AvgIpc) is 3.33. The molecule has 2 aromatic heterocycles. The molecule has 5 rings (SSSR count). The number of ether oxygens (including phenoxy) is 2. The molecule has 1 aromatic carbocycles. The standard InChI is InChI=1S/C28H39N3O3Si/c1-33-28(32)21-12-13-22-24(17-21)31-14-8-11-23-26(27(31)25(22)20-9-6-5-7-10-20)30(18-29-23)19-34-15-16-35(2,3)4/h12-13,17-18,20H,5-11,14-16,19H2,1-4H3. The Labute approximate surface area is 209 Å². The van der Waals surface area contributed by atoms with Gasteiger partial charge in [-0.2, -0.15) is 0 Å². The molecule has 3 heterocycles. The fraction of sp³-hybridized carbons (Fsp3) is 0.571. The zero-order valence-electron chi connectivity index (χ0n) is 21.7. The van der Waals surface area contributed by atoms with Gasteiger partial charge in [0.2, 0.25) is 0 Å². The van der Waals surface area contributed by atoms with Gasteiger partial charge in [0.05, 0.1) is 36.1 Å². The van der Waals surface area contributed by atoms with Gasteiger partial charge < -0.3 is 18.6 Å². The summed E-state index contributed by atoms with van der Waals surface area (Å²) < 4.78 is 15.9. The Hall–Kier alpha value is -2.38. The monoisotopic (exact) mass is 493 g/mol. The fourth-order valence-corrected chi connectivity index (χ4v) is 6.59. The Morgan fingerprint density at radius 2 is 1.91 bits per heavy atom. The van der Waals surface area contributed by atoms with Crippen LogP contribution in [0.5, 0.6) is 0 Å². The quantitative estimate of drug-likeness (QED) is 0.211. The highest BCUT2D eigenvalue weighted by Crippen LogP contribution is 2.46. The van der Waals surface area contributed by atoms with Gasteiger partial charge in [-0.05, 0) is 55.3 Å². The Balaban J connectivity index is 1.63. The van der Waals surface area contributed by atoms with Crippen LogP contribution in [0.3, 0.4) is 0 Å². The van der Waals surface area contributed by atoms with Crippen molar-refractivity contribution >= 4 is 24.9 Å². The van der Waals surface area contributed by atoms with Gasteiger partial charge in [-0.15, -0.1) is 0 Å². The van der Waals surface area contributed by atoms with Crippen LogP contribution in [0, 0.1) is 0 Å². The van der Waals surface area contributed by atoms with Crippen molar-refractivity contribution in [2.24, 2.45) is 0 Å². The summed E-state index contributed by atoms with van der Waals surface area (Å²) in [5, 5.41) is 1.28. The van der Waals surface area contributed by atoms with Crippen LogP contribution in [0.4, 0.5) is 0 Å². The number of benzene rings is 1. The van der Waals surface area contributed by atoms with E-state index in [1.807, 2.05) is 18.5 Å². The first-order chi connectivity index (χ1) is 16.9. The molecule has 0 bridgehead atoms. The number of carbonyl (C=O) groups excluding carboxylic acids is 1. The van der Waals surface area contributed by atoms with E-state index in [2.05, 4.69) is 34.8 Å². The Bertz CT molecular complexity index is 1210. The molecule has 1 aliphatic heterocycles. The Kier molecular flexibility index (Phi) is 6.90. The molecule has 2 aliphatic rings. The highest BCUT2D eigenvalue weighted by atomic mass is 28.3.